The first-order valence-electron chi connectivity index (χ1n) is 14.3. The molecule has 2 heterocycles. The molecule has 0 saturated heterocycles. The van der Waals surface area contributed by atoms with Crippen LogP contribution in [0, 0.1) is 0 Å². The number of rotatable bonds is 13. The maximum Gasteiger partial charge on any atom is 0.488 e. The number of hydrogen-bond donors (Lipinski definition) is 6. The van der Waals surface area contributed by atoms with Crippen LogP contribution >= 0.6 is 0 Å². The Bertz CT molecular complexity index is 1610. The van der Waals surface area contributed by atoms with Gasteiger partial charge in [-0.2, -0.15) is 4.57 Å². The molecule has 0 aliphatic carbocycles. The zero-order chi connectivity index (χ0) is 31.6. The van der Waals surface area contributed by atoms with Gasteiger partial charge in [0.1, 0.15) is 0 Å². The average Bonchev–Trinajstić information content (AvgIpc) is 3.01. The Balaban J connectivity index is 1.55. The van der Waals surface area contributed by atoms with E-state index in [-0.39, 0.29) is 11.8 Å². The van der Waals surface area contributed by atoms with Crippen molar-refractivity contribution >= 4 is 37.0 Å². The molecule has 0 bridgehead atoms. The molecule has 0 aliphatic heterocycles. The number of pyridine rings is 2. The van der Waals surface area contributed by atoms with Crippen LogP contribution in [0.5, 0.6) is 0 Å². The highest BCUT2D eigenvalue weighted by atomic mass is 16.4. The summed E-state index contributed by atoms with van der Waals surface area (Å²) < 4.78 is 3.88. The van der Waals surface area contributed by atoms with Crippen molar-refractivity contribution in [2.24, 2.45) is 0 Å². The van der Waals surface area contributed by atoms with Crippen LogP contribution in [-0.2, 0) is 17.9 Å². The maximum atomic E-state index is 13.2. The second kappa shape index (κ2) is 15.2. The van der Waals surface area contributed by atoms with Gasteiger partial charge in [0.25, 0.3) is 5.69 Å². The molecule has 0 unspecified atom stereocenters. The first-order chi connectivity index (χ1) is 21.1. The highest BCUT2D eigenvalue weighted by molar-refractivity contribution is 6.58. The standard InChI is InChI=1S/C32H34B2N4O6/c1-23(2)31(39)35-16-4-17-36-32(40)30-15-10-27(22-38(30)20-25-8-13-29(14-9-25)34(43)44)26-5-3-18-37(21-26)19-24-6-11-28(12-7-24)33(41)42/h3,5-15,18,21-22,41-44H,1,4,16-17,19-20H2,2H3/p+2. The van der Waals surface area contributed by atoms with Gasteiger partial charge in [0.2, 0.25) is 5.91 Å². The number of amides is 2. The number of nitrogens with one attached hydrogen (secondary N) is 2. The molecule has 224 valence electrons. The molecule has 2 aromatic carbocycles. The van der Waals surface area contributed by atoms with E-state index < -0.39 is 14.2 Å². The lowest BCUT2D eigenvalue weighted by Crippen LogP contribution is -2.44. The van der Waals surface area contributed by atoms with Gasteiger partial charge in [-0.1, -0.05) is 55.1 Å². The summed E-state index contributed by atoms with van der Waals surface area (Å²) in [7, 11) is -3.07. The predicted molar refractivity (Wildman–Crippen MR) is 168 cm³/mol. The number of carbonyl (C=O) groups excluding carboxylic acids is 2. The molecule has 0 radical (unpaired) electrons. The number of carbonyl (C=O) groups is 2. The fourth-order valence-corrected chi connectivity index (χ4v) is 4.58. The van der Waals surface area contributed by atoms with Gasteiger partial charge in [-0.25, -0.2) is 4.57 Å². The predicted octanol–water partition coefficient (Wildman–Crippen LogP) is -0.803. The summed E-state index contributed by atoms with van der Waals surface area (Å²) in [4.78, 5) is 24.9. The van der Waals surface area contributed by atoms with Gasteiger partial charge in [-0.15, -0.1) is 0 Å². The molecule has 6 N–H and O–H groups in total. The van der Waals surface area contributed by atoms with Crippen LogP contribution in [0.2, 0.25) is 0 Å². The van der Waals surface area contributed by atoms with Gasteiger partial charge in [0.05, 0.1) is 11.1 Å². The van der Waals surface area contributed by atoms with E-state index in [1.165, 1.54) is 0 Å². The van der Waals surface area contributed by atoms with Crippen molar-refractivity contribution in [2.45, 2.75) is 26.4 Å². The van der Waals surface area contributed by atoms with E-state index in [0.29, 0.717) is 54.8 Å². The van der Waals surface area contributed by atoms with Crippen molar-refractivity contribution in [2.75, 3.05) is 13.1 Å². The summed E-state index contributed by atoms with van der Waals surface area (Å²) in [5.41, 5.74) is 5.36. The Hall–Kier alpha value is -4.61. The van der Waals surface area contributed by atoms with Gasteiger partial charge in [0, 0.05) is 41.9 Å². The van der Waals surface area contributed by atoms with E-state index in [4.69, 9.17) is 0 Å². The third kappa shape index (κ3) is 8.95. The van der Waals surface area contributed by atoms with Crippen LogP contribution in [0.1, 0.15) is 35.0 Å². The van der Waals surface area contributed by atoms with Crippen molar-refractivity contribution < 1.29 is 38.8 Å². The molecule has 0 spiro atoms. The van der Waals surface area contributed by atoms with Crippen LogP contribution in [0.15, 0.2) is 104 Å². The molecular weight excluding hydrogens is 558 g/mol. The second-order valence-corrected chi connectivity index (χ2v) is 10.6. The first-order valence-corrected chi connectivity index (χ1v) is 14.3. The molecule has 4 rings (SSSR count). The minimum Gasteiger partial charge on any atom is -0.423 e. The van der Waals surface area contributed by atoms with E-state index in [0.717, 1.165) is 22.3 Å². The molecular formula is C32H36B2N4O6+2. The second-order valence-electron chi connectivity index (χ2n) is 10.6. The molecule has 2 aromatic heterocycles. The zero-order valence-electron chi connectivity index (χ0n) is 24.6. The number of benzene rings is 2. The van der Waals surface area contributed by atoms with Crippen molar-refractivity contribution in [3.8, 4) is 11.1 Å². The van der Waals surface area contributed by atoms with Crippen LogP contribution < -0.4 is 30.7 Å². The summed E-state index contributed by atoms with van der Waals surface area (Å²) in [6, 6.07) is 21.5. The normalized spacial score (nSPS) is 10.7. The van der Waals surface area contributed by atoms with Crippen LogP contribution in [0.3, 0.4) is 0 Å². The fourth-order valence-electron chi connectivity index (χ4n) is 4.58. The number of hydrogen-bond acceptors (Lipinski definition) is 6. The number of aromatic nitrogens is 2. The van der Waals surface area contributed by atoms with Crippen molar-refractivity contribution in [1.29, 1.82) is 0 Å². The van der Waals surface area contributed by atoms with Gasteiger partial charge in [-0.3, -0.25) is 9.59 Å². The molecule has 2 amide bonds. The largest absolute Gasteiger partial charge is 0.488 e. The first kappa shape index (κ1) is 32.3. The van der Waals surface area contributed by atoms with Gasteiger partial charge in [-0.05, 0) is 36.4 Å². The lowest BCUT2D eigenvalue weighted by Gasteiger charge is -2.09. The van der Waals surface area contributed by atoms with Crippen LogP contribution in [0.25, 0.3) is 11.1 Å². The molecule has 10 nitrogen and oxygen atoms in total. The molecule has 0 atom stereocenters. The summed E-state index contributed by atoms with van der Waals surface area (Å²) in [6.45, 7) is 6.97. The Labute approximate surface area is 257 Å². The maximum absolute atomic E-state index is 13.2. The Morgan fingerprint density at radius 3 is 1.91 bits per heavy atom. The quantitative estimate of drug-likeness (QED) is 0.0518. The summed E-state index contributed by atoms with van der Waals surface area (Å²) in [6.07, 6.45) is 6.42. The molecule has 12 heteroatoms. The lowest BCUT2D eigenvalue weighted by molar-refractivity contribution is -0.690. The topological polar surface area (TPSA) is 147 Å². The smallest absolute Gasteiger partial charge is 0.423 e. The number of nitrogens with zero attached hydrogens (tertiary/aromatic N) is 2. The third-order valence-corrected chi connectivity index (χ3v) is 7.04. The molecule has 0 aliphatic rings. The van der Waals surface area contributed by atoms with Crippen LogP contribution in [0.4, 0.5) is 0 Å². The summed E-state index contributed by atoms with van der Waals surface area (Å²) >= 11 is 0. The molecule has 44 heavy (non-hydrogen) atoms. The van der Waals surface area contributed by atoms with Gasteiger partial charge >= 0.3 is 20.1 Å². The van der Waals surface area contributed by atoms with Crippen molar-refractivity contribution in [3.05, 3.63) is 120 Å². The SMILES string of the molecule is C=C(C)C(=O)NCCCNC(=O)c1ccc(-c2ccc[n+](Cc3ccc(B(O)O)cc3)c2)c[n+]1Cc1ccc(B(O)O)cc1. The third-order valence-electron chi connectivity index (χ3n) is 7.04. The Morgan fingerprint density at radius 1 is 0.750 bits per heavy atom. The fraction of sp³-hybridized carbons (Fsp3) is 0.188. The Morgan fingerprint density at radius 2 is 1.32 bits per heavy atom. The van der Waals surface area contributed by atoms with Crippen LogP contribution in [-0.4, -0.2) is 59.2 Å². The monoisotopic (exact) mass is 594 g/mol. The van der Waals surface area contributed by atoms with E-state index >= 15 is 0 Å². The summed E-state index contributed by atoms with van der Waals surface area (Å²) in [5.74, 6) is -0.476. The van der Waals surface area contributed by atoms with E-state index in [9.17, 15) is 29.7 Å². The minimum atomic E-state index is -1.56. The zero-order valence-corrected chi connectivity index (χ0v) is 24.6. The van der Waals surface area contributed by atoms with E-state index in [2.05, 4.69) is 17.2 Å². The average molecular weight is 594 g/mol. The van der Waals surface area contributed by atoms with Gasteiger partial charge in [0.15, 0.2) is 31.7 Å². The van der Waals surface area contributed by atoms with Gasteiger partial charge < -0.3 is 30.7 Å². The molecule has 0 saturated carbocycles. The Kier molecular flexibility index (Phi) is 11.2. The lowest BCUT2D eigenvalue weighted by atomic mass is 9.80. The highest BCUT2D eigenvalue weighted by Gasteiger charge is 2.22. The van der Waals surface area contributed by atoms with Crippen molar-refractivity contribution in [1.82, 2.24) is 10.6 Å². The van der Waals surface area contributed by atoms with E-state index in [1.807, 2.05) is 58.1 Å². The molecule has 0 fully saturated rings. The highest BCUT2D eigenvalue weighted by Crippen LogP contribution is 2.17. The molecule has 4 aromatic rings. The van der Waals surface area contributed by atoms with E-state index in [1.54, 1.807) is 49.4 Å². The summed E-state index contributed by atoms with van der Waals surface area (Å²) in [5, 5.41) is 43.3. The minimum absolute atomic E-state index is 0.217. The van der Waals surface area contributed by atoms with Crippen molar-refractivity contribution in [3.63, 3.8) is 0 Å².